The van der Waals surface area contributed by atoms with Crippen molar-refractivity contribution in [2.24, 2.45) is 0 Å². The molecular weight excluding hydrogens is 319 g/mol. The number of nitrogens with one attached hydrogen (secondary N) is 2. The number of carbonyl (C=O) groups excluding carboxylic acids is 1. The highest BCUT2D eigenvalue weighted by Crippen LogP contribution is 2.25. The van der Waals surface area contributed by atoms with E-state index < -0.39 is 5.60 Å². The predicted molar refractivity (Wildman–Crippen MR) is 90.4 cm³/mol. The van der Waals surface area contributed by atoms with E-state index in [0.29, 0.717) is 10.7 Å². The van der Waals surface area contributed by atoms with E-state index in [1.807, 2.05) is 20.8 Å². The second-order valence-electron chi connectivity index (χ2n) is 6.96. The highest BCUT2D eigenvalue weighted by Gasteiger charge is 2.25. The summed E-state index contributed by atoms with van der Waals surface area (Å²) >= 11 is 5.75. The van der Waals surface area contributed by atoms with E-state index in [4.69, 9.17) is 16.3 Å². The summed E-state index contributed by atoms with van der Waals surface area (Å²) in [6.45, 7) is 5.52. The van der Waals surface area contributed by atoms with Gasteiger partial charge in [0.25, 0.3) is 0 Å². The summed E-state index contributed by atoms with van der Waals surface area (Å²) in [6.07, 6.45) is 3.03. The Kier molecular flexibility index (Phi) is 5.74. The number of rotatable bonds is 3. The number of benzene rings is 1. The zero-order valence-electron chi connectivity index (χ0n) is 13.8. The molecule has 1 fully saturated rings. The molecule has 0 saturated heterocycles. The highest BCUT2D eigenvalue weighted by molar-refractivity contribution is 6.30. The third-order valence-electron chi connectivity index (χ3n) is 3.74. The Morgan fingerprint density at radius 3 is 2.39 bits per heavy atom. The summed E-state index contributed by atoms with van der Waals surface area (Å²) in [4.78, 5) is 11.8. The molecule has 0 heterocycles. The van der Waals surface area contributed by atoms with Gasteiger partial charge in [-0.05, 0) is 64.7 Å². The van der Waals surface area contributed by atoms with E-state index in [2.05, 4.69) is 10.6 Å². The van der Waals surface area contributed by atoms with Crippen LogP contribution in [0, 0.1) is 5.82 Å². The van der Waals surface area contributed by atoms with Crippen LogP contribution >= 0.6 is 11.6 Å². The lowest BCUT2D eigenvalue weighted by atomic mass is 9.91. The van der Waals surface area contributed by atoms with Crippen LogP contribution in [0.1, 0.15) is 46.5 Å². The standard InChI is InChI=1S/C17H24ClFN2O2/c1-17(2,3)23-16(22)21-13-7-5-12(6-8-13)20-15-9-4-11(18)10-14(15)19/h4,9-10,12-13,20H,5-8H2,1-3H3,(H,21,22). The zero-order valence-corrected chi connectivity index (χ0v) is 14.5. The van der Waals surface area contributed by atoms with Crippen LogP contribution < -0.4 is 10.6 Å². The number of hydrogen-bond donors (Lipinski definition) is 2. The normalized spacial score (nSPS) is 21.6. The number of hydrogen-bond acceptors (Lipinski definition) is 3. The summed E-state index contributed by atoms with van der Waals surface area (Å²) in [5.41, 5.74) is -0.0208. The van der Waals surface area contributed by atoms with Gasteiger partial charge in [-0.2, -0.15) is 0 Å². The van der Waals surface area contributed by atoms with Gasteiger partial charge in [-0.1, -0.05) is 11.6 Å². The minimum Gasteiger partial charge on any atom is -0.444 e. The Morgan fingerprint density at radius 1 is 1.22 bits per heavy atom. The first-order valence-corrected chi connectivity index (χ1v) is 8.32. The molecule has 0 radical (unpaired) electrons. The summed E-state index contributed by atoms with van der Waals surface area (Å²) in [6, 6.07) is 4.94. The first-order chi connectivity index (χ1) is 10.7. The quantitative estimate of drug-likeness (QED) is 0.835. The third-order valence-corrected chi connectivity index (χ3v) is 3.97. The third kappa shape index (κ3) is 5.90. The first-order valence-electron chi connectivity index (χ1n) is 7.94. The molecule has 128 valence electrons. The zero-order chi connectivity index (χ0) is 17.0. The summed E-state index contributed by atoms with van der Waals surface area (Å²) in [5.74, 6) is -0.341. The molecule has 6 heteroatoms. The van der Waals surface area contributed by atoms with E-state index >= 15 is 0 Å². The molecule has 1 aliphatic carbocycles. The molecule has 1 aromatic carbocycles. The summed E-state index contributed by atoms with van der Waals surface area (Å²) < 4.78 is 19.1. The van der Waals surface area contributed by atoms with Crippen LogP contribution in [0.2, 0.25) is 5.02 Å². The minimum atomic E-state index is -0.491. The molecule has 0 atom stereocenters. The van der Waals surface area contributed by atoms with Gasteiger partial charge in [0.15, 0.2) is 0 Å². The number of anilines is 1. The SMILES string of the molecule is CC(C)(C)OC(=O)NC1CCC(Nc2ccc(Cl)cc2F)CC1. The van der Waals surface area contributed by atoms with Gasteiger partial charge >= 0.3 is 6.09 Å². The molecule has 0 bridgehead atoms. The van der Waals surface area contributed by atoms with Crippen LogP contribution in [-0.2, 0) is 4.74 Å². The van der Waals surface area contributed by atoms with Crippen molar-refractivity contribution in [1.82, 2.24) is 5.32 Å². The fraction of sp³-hybridized carbons (Fsp3) is 0.588. The molecule has 1 aromatic rings. The molecule has 4 nitrogen and oxygen atoms in total. The number of amides is 1. The lowest BCUT2D eigenvalue weighted by molar-refractivity contribution is 0.0492. The smallest absolute Gasteiger partial charge is 0.407 e. The van der Waals surface area contributed by atoms with Crippen molar-refractivity contribution in [2.45, 2.75) is 64.1 Å². The van der Waals surface area contributed by atoms with E-state index in [-0.39, 0.29) is 24.0 Å². The molecule has 1 aliphatic rings. The second-order valence-corrected chi connectivity index (χ2v) is 7.40. The van der Waals surface area contributed by atoms with Gasteiger partial charge in [0.1, 0.15) is 11.4 Å². The molecule has 1 amide bonds. The van der Waals surface area contributed by atoms with Crippen LogP contribution in [0.15, 0.2) is 18.2 Å². The topological polar surface area (TPSA) is 50.4 Å². The van der Waals surface area contributed by atoms with Crippen molar-refractivity contribution in [3.05, 3.63) is 29.0 Å². The number of halogens is 2. The van der Waals surface area contributed by atoms with Gasteiger partial charge in [-0.15, -0.1) is 0 Å². The van der Waals surface area contributed by atoms with Crippen LogP contribution in [0.3, 0.4) is 0 Å². The number of carbonyl (C=O) groups is 1. The maximum atomic E-state index is 13.8. The Bertz CT molecular complexity index is 552. The molecular formula is C17H24ClFN2O2. The number of ether oxygens (including phenoxy) is 1. The molecule has 0 unspecified atom stereocenters. The Morgan fingerprint density at radius 2 is 1.83 bits per heavy atom. The van der Waals surface area contributed by atoms with Crippen molar-refractivity contribution in [3.63, 3.8) is 0 Å². The van der Waals surface area contributed by atoms with Gasteiger partial charge in [-0.3, -0.25) is 0 Å². The molecule has 0 aromatic heterocycles. The van der Waals surface area contributed by atoms with Crippen molar-refractivity contribution >= 4 is 23.4 Å². The van der Waals surface area contributed by atoms with Crippen molar-refractivity contribution in [1.29, 1.82) is 0 Å². The average molecular weight is 343 g/mol. The first kappa shape index (κ1) is 17.9. The Balaban J connectivity index is 1.79. The molecule has 23 heavy (non-hydrogen) atoms. The van der Waals surface area contributed by atoms with Gasteiger partial charge < -0.3 is 15.4 Å². The summed E-state index contributed by atoms with van der Waals surface area (Å²) in [5, 5.41) is 6.50. The summed E-state index contributed by atoms with van der Waals surface area (Å²) in [7, 11) is 0. The fourth-order valence-corrected chi connectivity index (χ4v) is 2.84. The maximum Gasteiger partial charge on any atom is 0.407 e. The Hall–Kier alpha value is -1.49. The molecule has 0 aliphatic heterocycles. The minimum absolute atomic E-state index is 0.109. The van der Waals surface area contributed by atoms with Crippen molar-refractivity contribution < 1.29 is 13.9 Å². The van der Waals surface area contributed by atoms with E-state index in [1.165, 1.54) is 6.07 Å². The second kappa shape index (κ2) is 7.39. The lowest BCUT2D eigenvalue weighted by Gasteiger charge is -2.31. The van der Waals surface area contributed by atoms with E-state index in [9.17, 15) is 9.18 Å². The molecule has 0 spiro atoms. The van der Waals surface area contributed by atoms with E-state index in [1.54, 1.807) is 12.1 Å². The van der Waals surface area contributed by atoms with Crippen LogP contribution in [-0.4, -0.2) is 23.8 Å². The molecule has 1 saturated carbocycles. The Labute approximate surface area is 141 Å². The number of alkyl carbamates (subject to hydrolysis) is 1. The van der Waals surface area contributed by atoms with Crippen LogP contribution in [0.5, 0.6) is 0 Å². The molecule has 2 N–H and O–H groups in total. The van der Waals surface area contributed by atoms with Gasteiger partial charge in [0.2, 0.25) is 0 Å². The van der Waals surface area contributed by atoms with Crippen LogP contribution in [0.4, 0.5) is 14.9 Å². The average Bonchev–Trinajstić information content (AvgIpc) is 2.42. The largest absolute Gasteiger partial charge is 0.444 e. The van der Waals surface area contributed by atoms with Crippen molar-refractivity contribution in [3.8, 4) is 0 Å². The highest BCUT2D eigenvalue weighted by atomic mass is 35.5. The van der Waals surface area contributed by atoms with Gasteiger partial charge in [0, 0.05) is 17.1 Å². The maximum absolute atomic E-state index is 13.8. The van der Waals surface area contributed by atoms with Gasteiger partial charge in [-0.25, -0.2) is 9.18 Å². The van der Waals surface area contributed by atoms with Crippen LogP contribution in [0.25, 0.3) is 0 Å². The monoisotopic (exact) mass is 342 g/mol. The predicted octanol–water partition coefficient (Wildman–Crippen LogP) is 4.73. The fourth-order valence-electron chi connectivity index (χ4n) is 2.68. The van der Waals surface area contributed by atoms with E-state index in [0.717, 1.165) is 25.7 Å². The van der Waals surface area contributed by atoms with Gasteiger partial charge in [0.05, 0.1) is 5.69 Å². The lowest BCUT2D eigenvalue weighted by Crippen LogP contribution is -2.42. The molecule has 2 rings (SSSR count). The van der Waals surface area contributed by atoms with Crippen molar-refractivity contribution in [2.75, 3.05) is 5.32 Å².